The molecule has 70 valence electrons. The molecular weight excluding hydrogens is 160 g/mol. The van der Waals surface area contributed by atoms with Gasteiger partial charge in [-0.15, -0.1) is 0 Å². The van der Waals surface area contributed by atoms with Gasteiger partial charge in [0.25, 0.3) is 0 Å². The lowest BCUT2D eigenvalue weighted by Gasteiger charge is -2.32. The van der Waals surface area contributed by atoms with Crippen LogP contribution in [0.1, 0.15) is 25.7 Å². The van der Waals surface area contributed by atoms with Crippen LogP contribution in [0.25, 0.3) is 0 Å². The molecule has 0 heterocycles. The minimum Gasteiger partial charge on any atom is -0.481 e. The van der Waals surface area contributed by atoms with Crippen molar-refractivity contribution in [3.05, 3.63) is 0 Å². The molecule has 0 atom stereocenters. The van der Waals surface area contributed by atoms with E-state index in [1.165, 1.54) is 0 Å². The second-order valence-electron chi connectivity index (χ2n) is 3.49. The predicted octanol–water partition coefficient (Wildman–Crippen LogP) is -0.0154. The van der Waals surface area contributed by atoms with Crippen molar-refractivity contribution >= 4 is 5.97 Å². The van der Waals surface area contributed by atoms with E-state index in [1.54, 1.807) is 0 Å². The van der Waals surface area contributed by atoms with E-state index in [0.29, 0.717) is 25.7 Å². The number of aliphatic hydroxyl groups excluding tert-OH is 1. The first-order chi connectivity index (χ1) is 5.57. The molecule has 1 saturated carbocycles. The van der Waals surface area contributed by atoms with Crippen molar-refractivity contribution in [2.45, 2.75) is 31.3 Å². The van der Waals surface area contributed by atoms with Crippen LogP contribution in [0, 0.1) is 5.92 Å². The maximum absolute atomic E-state index is 10.5. The average Bonchev–Trinajstić information content (AvgIpc) is 2.05. The van der Waals surface area contributed by atoms with Gasteiger partial charge in [-0.2, -0.15) is 0 Å². The fourth-order valence-electron chi connectivity index (χ4n) is 1.56. The molecule has 0 aromatic heterocycles. The molecule has 0 unspecified atom stereocenters. The van der Waals surface area contributed by atoms with Crippen LogP contribution in [0.3, 0.4) is 0 Å². The third-order valence-electron chi connectivity index (χ3n) is 2.56. The van der Waals surface area contributed by atoms with Gasteiger partial charge in [0.15, 0.2) is 0 Å². The number of aliphatic carboxylic acids is 1. The van der Waals surface area contributed by atoms with E-state index < -0.39 is 11.6 Å². The van der Waals surface area contributed by atoms with Gasteiger partial charge >= 0.3 is 5.97 Å². The molecule has 3 N–H and O–H groups in total. The van der Waals surface area contributed by atoms with Crippen LogP contribution in [0.4, 0.5) is 0 Å². The molecule has 1 aliphatic carbocycles. The van der Waals surface area contributed by atoms with Gasteiger partial charge in [0, 0.05) is 0 Å². The lowest BCUT2D eigenvalue weighted by atomic mass is 9.79. The summed E-state index contributed by atoms with van der Waals surface area (Å²) in [7, 11) is 0. The summed E-state index contributed by atoms with van der Waals surface area (Å²) in [6.45, 7) is -0.265. The summed E-state index contributed by atoms with van der Waals surface area (Å²) in [5.74, 6) is -1.13. The molecule has 4 nitrogen and oxygen atoms in total. The Morgan fingerprint density at radius 2 is 1.92 bits per heavy atom. The second kappa shape index (κ2) is 3.41. The topological polar surface area (TPSA) is 77.8 Å². The Morgan fingerprint density at radius 3 is 2.25 bits per heavy atom. The summed E-state index contributed by atoms with van der Waals surface area (Å²) in [5.41, 5.74) is -1.02. The van der Waals surface area contributed by atoms with E-state index in [9.17, 15) is 9.90 Å². The monoisotopic (exact) mass is 174 g/mol. The molecule has 12 heavy (non-hydrogen) atoms. The Hall–Kier alpha value is -0.610. The Balaban J connectivity index is 2.44. The van der Waals surface area contributed by atoms with Crippen molar-refractivity contribution in [3.63, 3.8) is 0 Å². The molecule has 1 aliphatic rings. The lowest BCUT2D eigenvalue weighted by molar-refractivity contribution is -0.145. The summed E-state index contributed by atoms with van der Waals surface area (Å²) >= 11 is 0. The molecule has 1 fully saturated rings. The standard InChI is InChI=1S/C8H14O4/c9-5-8(12)3-1-6(2-4-8)7(10)11/h6,9,12H,1-5H2,(H,10,11). The van der Waals surface area contributed by atoms with E-state index in [1.807, 2.05) is 0 Å². The van der Waals surface area contributed by atoms with E-state index >= 15 is 0 Å². The zero-order chi connectivity index (χ0) is 9.19. The Bertz CT molecular complexity index is 170. The molecule has 0 spiro atoms. The van der Waals surface area contributed by atoms with E-state index in [2.05, 4.69) is 0 Å². The van der Waals surface area contributed by atoms with Crippen molar-refractivity contribution < 1.29 is 20.1 Å². The summed E-state index contributed by atoms with van der Waals surface area (Å²) in [4.78, 5) is 10.5. The minimum atomic E-state index is -1.02. The number of carbonyl (C=O) groups is 1. The second-order valence-corrected chi connectivity index (χ2v) is 3.49. The first-order valence-electron chi connectivity index (χ1n) is 4.13. The number of carboxylic acids is 1. The van der Waals surface area contributed by atoms with E-state index in [-0.39, 0.29) is 12.5 Å². The average molecular weight is 174 g/mol. The van der Waals surface area contributed by atoms with E-state index in [4.69, 9.17) is 10.2 Å². The molecule has 0 radical (unpaired) electrons. The van der Waals surface area contributed by atoms with Crippen molar-refractivity contribution in [1.82, 2.24) is 0 Å². The number of rotatable bonds is 2. The van der Waals surface area contributed by atoms with Gasteiger partial charge in [-0.25, -0.2) is 0 Å². The highest BCUT2D eigenvalue weighted by molar-refractivity contribution is 5.70. The molecule has 0 aromatic rings. The third-order valence-corrected chi connectivity index (χ3v) is 2.56. The maximum atomic E-state index is 10.5. The molecule has 4 heteroatoms. The van der Waals surface area contributed by atoms with Gasteiger partial charge in [-0.1, -0.05) is 0 Å². The van der Waals surface area contributed by atoms with E-state index in [0.717, 1.165) is 0 Å². The first kappa shape index (κ1) is 9.48. The fraction of sp³-hybridized carbons (Fsp3) is 0.875. The zero-order valence-electron chi connectivity index (χ0n) is 6.86. The molecule has 0 saturated heterocycles. The molecule has 0 aliphatic heterocycles. The van der Waals surface area contributed by atoms with Crippen LogP contribution >= 0.6 is 0 Å². The highest BCUT2D eigenvalue weighted by Crippen LogP contribution is 2.31. The van der Waals surface area contributed by atoms with Gasteiger partial charge in [0.2, 0.25) is 0 Å². The Morgan fingerprint density at radius 1 is 1.42 bits per heavy atom. The highest BCUT2D eigenvalue weighted by Gasteiger charge is 2.34. The summed E-state index contributed by atoms with van der Waals surface area (Å²) in [5, 5.41) is 27.0. The summed E-state index contributed by atoms with van der Waals surface area (Å²) in [6.07, 6.45) is 1.71. The highest BCUT2D eigenvalue weighted by atomic mass is 16.4. The first-order valence-corrected chi connectivity index (χ1v) is 4.13. The molecular formula is C8H14O4. The zero-order valence-corrected chi connectivity index (χ0v) is 6.86. The SMILES string of the molecule is O=C(O)C1CCC(O)(CO)CC1. The third kappa shape index (κ3) is 1.95. The summed E-state index contributed by atoms with van der Waals surface area (Å²) < 4.78 is 0. The predicted molar refractivity (Wildman–Crippen MR) is 41.6 cm³/mol. The van der Waals surface area contributed by atoms with Crippen molar-refractivity contribution in [2.24, 2.45) is 5.92 Å². The fourth-order valence-corrected chi connectivity index (χ4v) is 1.56. The maximum Gasteiger partial charge on any atom is 0.306 e. The van der Waals surface area contributed by atoms with Gasteiger partial charge in [-0.3, -0.25) is 4.79 Å². The molecule has 0 aromatic carbocycles. The minimum absolute atomic E-state index is 0.265. The van der Waals surface area contributed by atoms with Crippen LogP contribution in [0.15, 0.2) is 0 Å². The summed E-state index contributed by atoms with van der Waals surface area (Å²) in [6, 6.07) is 0. The van der Waals surface area contributed by atoms with Gasteiger partial charge < -0.3 is 15.3 Å². The largest absolute Gasteiger partial charge is 0.481 e. The van der Waals surface area contributed by atoms with Crippen LogP contribution in [-0.4, -0.2) is 33.5 Å². The van der Waals surface area contributed by atoms with Crippen molar-refractivity contribution in [3.8, 4) is 0 Å². The quantitative estimate of drug-likeness (QED) is 0.550. The number of carboxylic acid groups (broad SMARTS) is 1. The van der Waals surface area contributed by atoms with Crippen LogP contribution in [0.5, 0.6) is 0 Å². The molecule has 1 rings (SSSR count). The normalized spacial score (nSPS) is 36.3. The number of aliphatic hydroxyl groups is 2. The van der Waals surface area contributed by atoms with Crippen molar-refractivity contribution in [1.29, 1.82) is 0 Å². The van der Waals surface area contributed by atoms with Gasteiger partial charge in [0.05, 0.1) is 18.1 Å². The number of hydrogen-bond donors (Lipinski definition) is 3. The van der Waals surface area contributed by atoms with Crippen LogP contribution < -0.4 is 0 Å². The van der Waals surface area contributed by atoms with Gasteiger partial charge in [-0.05, 0) is 25.7 Å². The molecule has 0 amide bonds. The van der Waals surface area contributed by atoms with Crippen LogP contribution in [0.2, 0.25) is 0 Å². The lowest BCUT2D eigenvalue weighted by Crippen LogP contribution is -2.39. The van der Waals surface area contributed by atoms with Crippen LogP contribution in [-0.2, 0) is 4.79 Å². The molecule has 0 bridgehead atoms. The Kier molecular flexibility index (Phi) is 2.69. The Labute approximate surface area is 70.8 Å². The smallest absolute Gasteiger partial charge is 0.306 e. The van der Waals surface area contributed by atoms with Crippen molar-refractivity contribution in [2.75, 3.05) is 6.61 Å². The number of hydrogen-bond acceptors (Lipinski definition) is 3. The van der Waals surface area contributed by atoms with Gasteiger partial charge in [0.1, 0.15) is 0 Å².